The normalized spacial score (nSPS) is 16.8. The molecule has 1 unspecified atom stereocenters. The maximum absolute atomic E-state index is 12.2. The maximum Gasteiger partial charge on any atom is 0.337 e. The molecule has 8 heteroatoms. The van der Waals surface area contributed by atoms with Gasteiger partial charge >= 0.3 is 12.0 Å². The van der Waals surface area contributed by atoms with E-state index in [9.17, 15) is 9.59 Å². The van der Waals surface area contributed by atoms with Gasteiger partial charge in [0.15, 0.2) is 4.34 Å². The zero-order valence-electron chi connectivity index (χ0n) is 14.4. The van der Waals surface area contributed by atoms with Crippen molar-refractivity contribution in [2.75, 3.05) is 12.4 Å². The molecule has 2 heterocycles. The Bertz CT molecular complexity index is 833. The van der Waals surface area contributed by atoms with Crippen LogP contribution in [0.25, 0.3) is 11.3 Å². The number of carbonyl (C=O) groups excluding carboxylic acids is 2. The van der Waals surface area contributed by atoms with Crippen LogP contribution in [0.4, 0.5) is 4.79 Å². The number of aromatic nitrogens is 1. The fourth-order valence-corrected chi connectivity index (χ4v) is 4.40. The summed E-state index contributed by atoms with van der Waals surface area (Å²) in [6, 6.07) is 9.24. The molecule has 0 aliphatic carbocycles. The molecule has 0 radical (unpaired) electrons. The Morgan fingerprint density at radius 1 is 1.35 bits per heavy atom. The number of thiazole rings is 1. The maximum atomic E-state index is 12.2. The number of urea groups is 1. The SMILES string of the molecule is CCOC(=O)C1=C(CSc2nc(-c3ccccc3)cs2)NC(=O)NC1C. The molecule has 0 fully saturated rings. The Balaban J connectivity index is 1.76. The number of benzene rings is 1. The molecule has 1 atom stereocenters. The number of hydrogen-bond donors (Lipinski definition) is 2. The Kier molecular flexibility index (Phi) is 5.95. The van der Waals surface area contributed by atoms with Crippen molar-refractivity contribution in [2.24, 2.45) is 0 Å². The van der Waals surface area contributed by atoms with Crippen molar-refractivity contribution in [3.05, 3.63) is 47.0 Å². The third-order valence-corrected chi connectivity index (χ3v) is 5.81. The van der Waals surface area contributed by atoms with E-state index in [1.54, 1.807) is 13.8 Å². The number of nitrogens with one attached hydrogen (secondary N) is 2. The first kappa shape index (κ1) is 18.5. The number of hydrogen-bond acceptors (Lipinski definition) is 6. The van der Waals surface area contributed by atoms with E-state index in [1.165, 1.54) is 23.1 Å². The van der Waals surface area contributed by atoms with Crippen molar-refractivity contribution in [3.63, 3.8) is 0 Å². The Hall–Kier alpha value is -2.32. The van der Waals surface area contributed by atoms with Crippen LogP contribution in [0.3, 0.4) is 0 Å². The third kappa shape index (κ3) is 4.25. The molecule has 136 valence electrons. The first-order chi connectivity index (χ1) is 12.6. The number of carbonyl (C=O) groups is 2. The van der Waals surface area contributed by atoms with Gasteiger partial charge in [0, 0.05) is 22.4 Å². The lowest BCUT2D eigenvalue weighted by molar-refractivity contribution is -0.138. The van der Waals surface area contributed by atoms with Crippen LogP contribution in [0.2, 0.25) is 0 Å². The van der Waals surface area contributed by atoms with Gasteiger partial charge in [-0.2, -0.15) is 0 Å². The highest BCUT2D eigenvalue weighted by Gasteiger charge is 2.29. The monoisotopic (exact) mass is 389 g/mol. The van der Waals surface area contributed by atoms with Crippen LogP contribution >= 0.6 is 23.1 Å². The highest BCUT2D eigenvalue weighted by molar-refractivity contribution is 8.01. The van der Waals surface area contributed by atoms with Crippen molar-refractivity contribution in [3.8, 4) is 11.3 Å². The lowest BCUT2D eigenvalue weighted by atomic mass is 10.1. The smallest absolute Gasteiger partial charge is 0.337 e. The summed E-state index contributed by atoms with van der Waals surface area (Å²) in [5.74, 6) is 0.0282. The van der Waals surface area contributed by atoms with Crippen molar-refractivity contribution in [1.29, 1.82) is 0 Å². The van der Waals surface area contributed by atoms with Crippen molar-refractivity contribution >= 4 is 35.1 Å². The molecule has 0 saturated carbocycles. The first-order valence-electron chi connectivity index (χ1n) is 8.20. The van der Waals surface area contributed by atoms with Gasteiger partial charge < -0.3 is 15.4 Å². The number of thioether (sulfide) groups is 1. The molecule has 1 aromatic heterocycles. The molecule has 3 rings (SSSR count). The van der Waals surface area contributed by atoms with Gasteiger partial charge in [-0.15, -0.1) is 11.3 Å². The molecule has 0 spiro atoms. The number of nitrogens with zero attached hydrogens (tertiary/aromatic N) is 1. The van der Waals surface area contributed by atoms with Crippen LogP contribution in [0.1, 0.15) is 13.8 Å². The highest BCUT2D eigenvalue weighted by atomic mass is 32.2. The van der Waals surface area contributed by atoms with Crippen molar-refractivity contribution in [2.45, 2.75) is 24.2 Å². The first-order valence-corrected chi connectivity index (χ1v) is 10.1. The number of rotatable bonds is 6. The molecular weight excluding hydrogens is 370 g/mol. The second-order valence-corrected chi connectivity index (χ2v) is 7.67. The van der Waals surface area contributed by atoms with Gasteiger partial charge in [0.1, 0.15) is 0 Å². The number of esters is 1. The summed E-state index contributed by atoms with van der Waals surface area (Å²) in [5.41, 5.74) is 3.01. The Morgan fingerprint density at radius 2 is 2.12 bits per heavy atom. The molecule has 2 N–H and O–H groups in total. The Morgan fingerprint density at radius 3 is 2.85 bits per heavy atom. The van der Waals surface area contributed by atoms with E-state index in [0.717, 1.165) is 15.6 Å². The summed E-state index contributed by atoms with van der Waals surface area (Å²) in [7, 11) is 0. The van der Waals surface area contributed by atoms with Crippen LogP contribution in [0, 0.1) is 0 Å². The van der Waals surface area contributed by atoms with E-state index in [2.05, 4.69) is 15.6 Å². The Labute approximate surface area is 160 Å². The lowest BCUT2D eigenvalue weighted by Crippen LogP contribution is -2.49. The van der Waals surface area contributed by atoms with Gasteiger partial charge in [-0.1, -0.05) is 42.1 Å². The minimum Gasteiger partial charge on any atom is -0.463 e. The third-order valence-electron chi connectivity index (χ3n) is 3.76. The predicted molar refractivity (Wildman–Crippen MR) is 103 cm³/mol. The molecule has 1 aliphatic rings. The van der Waals surface area contributed by atoms with Gasteiger partial charge in [0.05, 0.1) is 23.9 Å². The lowest BCUT2D eigenvalue weighted by Gasteiger charge is -2.26. The standard InChI is InChI=1S/C18H19N3O3S2/c1-3-24-16(22)15-11(2)19-17(23)20-14(15)10-26-18-21-13(9-25-18)12-7-5-4-6-8-12/h4-9,11H,3,10H2,1-2H3,(H2,19,20,23). The van der Waals surface area contributed by atoms with Gasteiger partial charge in [-0.05, 0) is 13.8 Å². The zero-order valence-corrected chi connectivity index (χ0v) is 16.1. The van der Waals surface area contributed by atoms with Crippen LogP contribution in [0.15, 0.2) is 51.3 Å². The minimum absolute atomic E-state index is 0.288. The molecular formula is C18H19N3O3S2. The number of ether oxygens (including phenoxy) is 1. The summed E-state index contributed by atoms with van der Waals surface area (Å²) in [5, 5.41) is 7.42. The molecule has 0 bridgehead atoms. The largest absolute Gasteiger partial charge is 0.463 e. The molecule has 1 aliphatic heterocycles. The molecule has 2 aromatic rings. The van der Waals surface area contributed by atoms with Crippen LogP contribution in [-0.4, -0.2) is 35.4 Å². The molecule has 1 aromatic carbocycles. The van der Waals surface area contributed by atoms with E-state index in [0.29, 0.717) is 17.0 Å². The average Bonchev–Trinajstić information content (AvgIpc) is 3.09. The van der Waals surface area contributed by atoms with Crippen LogP contribution < -0.4 is 10.6 Å². The minimum atomic E-state index is -0.410. The van der Waals surface area contributed by atoms with E-state index in [-0.39, 0.29) is 12.6 Å². The van der Waals surface area contributed by atoms with E-state index < -0.39 is 12.0 Å². The van der Waals surface area contributed by atoms with Crippen LogP contribution in [0.5, 0.6) is 0 Å². The van der Waals surface area contributed by atoms with Crippen LogP contribution in [-0.2, 0) is 9.53 Å². The van der Waals surface area contributed by atoms with E-state index >= 15 is 0 Å². The highest BCUT2D eigenvalue weighted by Crippen LogP contribution is 2.30. The molecule has 6 nitrogen and oxygen atoms in total. The summed E-state index contributed by atoms with van der Waals surface area (Å²) < 4.78 is 6.00. The number of amides is 2. The molecule has 0 saturated heterocycles. The van der Waals surface area contributed by atoms with Crippen molar-refractivity contribution in [1.82, 2.24) is 15.6 Å². The predicted octanol–water partition coefficient (Wildman–Crippen LogP) is 3.42. The van der Waals surface area contributed by atoms with E-state index in [4.69, 9.17) is 4.74 Å². The molecule has 26 heavy (non-hydrogen) atoms. The summed E-state index contributed by atoms with van der Waals surface area (Å²) >= 11 is 3.02. The second-order valence-electron chi connectivity index (χ2n) is 5.59. The topological polar surface area (TPSA) is 80.3 Å². The fraction of sp³-hybridized carbons (Fsp3) is 0.278. The van der Waals surface area contributed by atoms with Crippen molar-refractivity contribution < 1.29 is 14.3 Å². The van der Waals surface area contributed by atoms with Gasteiger partial charge in [-0.25, -0.2) is 14.6 Å². The average molecular weight is 390 g/mol. The second kappa shape index (κ2) is 8.37. The summed E-state index contributed by atoms with van der Waals surface area (Å²) in [6.07, 6.45) is 0. The zero-order chi connectivity index (χ0) is 18.5. The van der Waals surface area contributed by atoms with Gasteiger partial charge in [0.2, 0.25) is 0 Å². The molecule has 2 amide bonds. The van der Waals surface area contributed by atoms with Gasteiger partial charge in [-0.3, -0.25) is 0 Å². The fourth-order valence-electron chi connectivity index (χ4n) is 2.59. The quantitative estimate of drug-likeness (QED) is 0.584. The van der Waals surface area contributed by atoms with Gasteiger partial charge in [0.25, 0.3) is 0 Å². The van der Waals surface area contributed by atoms with E-state index in [1.807, 2.05) is 35.7 Å². The summed E-state index contributed by atoms with van der Waals surface area (Å²) in [4.78, 5) is 28.6. The summed E-state index contributed by atoms with van der Waals surface area (Å²) in [6.45, 7) is 3.82.